The fourth-order valence-corrected chi connectivity index (χ4v) is 3.33. The third kappa shape index (κ3) is 5.99. The van der Waals surface area contributed by atoms with Crippen LogP contribution in [0.25, 0.3) is 0 Å². The van der Waals surface area contributed by atoms with Gasteiger partial charge >= 0.3 is 0 Å². The van der Waals surface area contributed by atoms with Gasteiger partial charge in [0.15, 0.2) is 5.96 Å². The molecule has 1 atom stereocenters. The van der Waals surface area contributed by atoms with Gasteiger partial charge in [-0.25, -0.2) is 0 Å². The van der Waals surface area contributed by atoms with Gasteiger partial charge in [0.2, 0.25) is 0 Å². The average molecular weight is 474 g/mol. The van der Waals surface area contributed by atoms with E-state index in [1.54, 1.807) is 7.11 Å². The number of ether oxygens (including phenoxy) is 2. The molecule has 0 aromatic heterocycles. The molecule has 1 aromatic carbocycles. The van der Waals surface area contributed by atoms with Gasteiger partial charge in [-0.05, 0) is 36.5 Å². The van der Waals surface area contributed by atoms with Crippen LogP contribution in [0.5, 0.6) is 5.75 Å². The van der Waals surface area contributed by atoms with Gasteiger partial charge < -0.3 is 20.5 Å². The molecule has 0 spiro atoms. The number of nitrogens with zero attached hydrogens (tertiary/aromatic N) is 2. The molecule has 0 amide bonds. The van der Waals surface area contributed by atoms with Gasteiger partial charge in [-0.3, -0.25) is 9.89 Å². The molecule has 1 aliphatic carbocycles. The molecule has 6 nitrogen and oxygen atoms in total. The van der Waals surface area contributed by atoms with Gasteiger partial charge in [0.1, 0.15) is 5.75 Å². The fourth-order valence-electron chi connectivity index (χ4n) is 3.33. The standard InChI is InChI=1S/C19H30N4O2.HI/c1-24-17-7-5-16(6-8-17)18(23-9-11-25-12-10-23)14-22-19(20)21-13-15-3-2-4-15;/h5-8,15,18H,2-4,9-14H2,1H3,(H3,20,21,22);1H. The molecule has 1 heterocycles. The Morgan fingerprint density at radius 2 is 2.00 bits per heavy atom. The summed E-state index contributed by atoms with van der Waals surface area (Å²) in [6.07, 6.45) is 3.96. The maximum absolute atomic E-state index is 6.08. The highest BCUT2D eigenvalue weighted by atomic mass is 127. The second-order valence-corrected chi connectivity index (χ2v) is 6.84. The Kier molecular flexibility index (Phi) is 8.94. The number of halogens is 1. The first-order valence-electron chi connectivity index (χ1n) is 9.26. The summed E-state index contributed by atoms with van der Waals surface area (Å²) in [4.78, 5) is 7.04. The fraction of sp³-hybridized carbons (Fsp3) is 0.632. The zero-order chi connectivity index (χ0) is 17.5. The number of rotatable bonds is 7. The van der Waals surface area contributed by atoms with Crippen molar-refractivity contribution in [2.75, 3.05) is 46.5 Å². The van der Waals surface area contributed by atoms with E-state index in [0.29, 0.717) is 12.5 Å². The Labute approximate surface area is 173 Å². The summed E-state index contributed by atoms with van der Waals surface area (Å²) in [5.74, 6) is 2.19. The van der Waals surface area contributed by atoms with Crippen LogP contribution in [0.1, 0.15) is 30.9 Å². The number of hydrogen-bond donors (Lipinski definition) is 2. The largest absolute Gasteiger partial charge is 0.497 e. The van der Waals surface area contributed by atoms with Crippen LogP contribution >= 0.6 is 24.0 Å². The highest BCUT2D eigenvalue weighted by Gasteiger charge is 2.23. The summed E-state index contributed by atoms with van der Waals surface area (Å²) in [5, 5.41) is 3.28. The molecule has 1 aliphatic heterocycles. The quantitative estimate of drug-likeness (QED) is 0.361. The number of nitrogens with two attached hydrogens (primary N) is 1. The van der Waals surface area contributed by atoms with E-state index in [-0.39, 0.29) is 30.0 Å². The van der Waals surface area contributed by atoms with Crippen LogP contribution in [0.4, 0.5) is 0 Å². The number of guanidine groups is 1. The summed E-state index contributed by atoms with van der Waals surface area (Å²) in [6, 6.07) is 8.45. The molecule has 7 heteroatoms. The van der Waals surface area contributed by atoms with Crippen molar-refractivity contribution in [2.45, 2.75) is 25.3 Å². The van der Waals surface area contributed by atoms with Gasteiger partial charge in [-0.1, -0.05) is 18.6 Å². The molecule has 0 bridgehead atoms. The topological polar surface area (TPSA) is 72.1 Å². The molecule has 1 saturated carbocycles. The molecule has 2 fully saturated rings. The third-order valence-corrected chi connectivity index (χ3v) is 5.22. The van der Waals surface area contributed by atoms with E-state index in [1.165, 1.54) is 24.8 Å². The number of aliphatic imine (C=N–C) groups is 1. The normalized spacial score (nSPS) is 20.0. The van der Waals surface area contributed by atoms with Gasteiger partial charge in [0.05, 0.1) is 32.9 Å². The van der Waals surface area contributed by atoms with Crippen molar-refractivity contribution in [3.05, 3.63) is 29.8 Å². The SMILES string of the molecule is COc1ccc(C(CN=C(N)NCC2CCC2)N2CCOCC2)cc1.I. The lowest BCUT2D eigenvalue weighted by atomic mass is 9.85. The van der Waals surface area contributed by atoms with Gasteiger partial charge in [-0.15, -0.1) is 24.0 Å². The highest BCUT2D eigenvalue weighted by molar-refractivity contribution is 14.0. The number of hydrogen-bond acceptors (Lipinski definition) is 4. The molecule has 1 unspecified atom stereocenters. The Bertz CT molecular complexity index is 557. The van der Waals surface area contributed by atoms with Crippen LogP contribution < -0.4 is 15.8 Å². The van der Waals surface area contributed by atoms with Gasteiger partial charge in [0, 0.05) is 19.6 Å². The smallest absolute Gasteiger partial charge is 0.188 e. The second kappa shape index (κ2) is 10.9. The molecular weight excluding hydrogens is 443 g/mol. The minimum absolute atomic E-state index is 0. The Hall–Kier alpha value is -1.06. The Morgan fingerprint density at radius 3 is 2.58 bits per heavy atom. The zero-order valence-corrected chi connectivity index (χ0v) is 17.9. The monoisotopic (exact) mass is 474 g/mol. The summed E-state index contributed by atoms with van der Waals surface area (Å²) in [7, 11) is 1.69. The minimum Gasteiger partial charge on any atom is -0.497 e. The summed E-state index contributed by atoms with van der Waals surface area (Å²) in [6.45, 7) is 4.97. The molecule has 3 N–H and O–H groups in total. The Morgan fingerprint density at radius 1 is 1.31 bits per heavy atom. The van der Waals surface area contributed by atoms with Crippen LogP contribution in [0.2, 0.25) is 0 Å². The van der Waals surface area contributed by atoms with E-state index in [0.717, 1.165) is 44.5 Å². The highest BCUT2D eigenvalue weighted by Crippen LogP contribution is 2.26. The first-order valence-corrected chi connectivity index (χ1v) is 9.26. The lowest BCUT2D eigenvalue weighted by Crippen LogP contribution is -2.41. The van der Waals surface area contributed by atoms with Crippen LogP contribution in [-0.4, -0.2) is 57.4 Å². The van der Waals surface area contributed by atoms with E-state index < -0.39 is 0 Å². The van der Waals surface area contributed by atoms with Crippen LogP contribution in [0.15, 0.2) is 29.3 Å². The van der Waals surface area contributed by atoms with Crippen molar-refractivity contribution in [2.24, 2.45) is 16.6 Å². The molecule has 0 radical (unpaired) electrons. The molecule has 2 aliphatic rings. The first-order chi connectivity index (χ1) is 12.3. The third-order valence-electron chi connectivity index (χ3n) is 5.22. The van der Waals surface area contributed by atoms with E-state index in [4.69, 9.17) is 15.2 Å². The molecule has 26 heavy (non-hydrogen) atoms. The summed E-state index contributed by atoms with van der Waals surface area (Å²) in [5.41, 5.74) is 7.31. The van der Waals surface area contributed by atoms with Crippen LogP contribution in [0, 0.1) is 5.92 Å². The molecular formula is C19H31IN4O2. The van der Waals surface area contributed by atoms with E-state index >= 15 is 0 Å². The molecule has 1 aromatic rings. The van der Waals surface area contributed by atoms with Crippen molar-refractivity contribution in [1.29, 1.82) is 0 Å². The average Bonchev–Trinajstić information content (AvgIpc) is 2.62. The summed E-state index contributed by atoms with van der Waals surface area (Å²) >= 11 is 0. The zero-order valence-electron chi connectivity index (χ0n) is 15.5. The Balaban J connectivity index is 0.00000243. The lowest BCUT2D eigenvalue weighted by Gasteiger charge is -2.34. The van der Waals surface area contributed by atoms with Crippen molar-refractivity contribution in [1.82, 2.24) is 10.2 Å². The molecule has 3 rings (SSSR count). The van der Waals surface area contributed by atoms with E-state index in [2.05, 4.69) is 27.3 Å². The maximum atomic E-state index is 6.08. The van der Waals surface area contributed by atoms with E-state index in [1.807, 2.05) is 12.1 Å². The molecule has 146 valence electrons. The van der Waals surface area contributed by atoms with E-state index in [9.17, 15) is 0 Å². The lowest BCUT2D eigenvalue weighted by molar-refractivity contribution is 0.0179. The predicted octanol–water partition coefficient (Wildman–Crippen LogP) is 2.39. The van der Waals surface area contributed by atoms with Crippen LogP contribution in [-0.2, 0) is 4.74 Å². The van der Waals surface area contributed by atoms with Gasteiger partial charge in [0.25, 0.3) is 0 Å². The van der Waals surface area contributed by atoms with Crippen molar-refractivity contribution < 1.29 is 9.47 Å². The first kappa shape index (κ1) is 21.2. The van der Waals surface area contributed by atoms with Crippen molar-refractivity contribution in [3.8, 4) is 5.75 Å². The number of morpholine rings is 1. The predicted molar refractivity (Wildman–Crippen MR) is 115 cm³/mol. The number of nitrogens with one attached hydrogen (secondary N) is 1. The van der Waals surface area contributed by atoms with Crippen LogP contribution in [0.3, 0.4) is 0 Å². The van der Waals surface area contributed by atoms with Crippen molar-refractivity contribution >= 4 is 29.9 Å². The molecule has 1 saturated heterocycles. The minimum atomic E-state index is 0. The second-order valence-electron chi connectivity index (χ2n) is 6.84. The maximum Gasteiger partial charge on any atom is 0.188 e. The number of methoxy groups -OCH3 is 1. The van der Waals surface area contributed by atoms with Gasteiger partial charge in [-0.2, -0.15) is 0 Å². The summed E-state index contributed by atoms with van der Waals surface area (Å²) < 4.78 is 10.8. The van der Waals surface area contributed by atoms with Crippen molar-refractivity contribution in [3.63, 3.8) is 0 Å². The number of benzene rings is 1.